The van der Waals surface area contributed by atoms with Crippen molar-refractivity contribution < 1.29 is 19.5 Å². The van der Waals surface area contributed by atoms with Gasteiger partial charge < -0.3 is 25.1 Å². The number of likely N-dealkylation sites (N-methyl/N-ethyl adjacent to an activating group) is 1. The maximum Gasteiger partial charge on any atom is 0.261 e. The highest BCUT2D eigenvalue weighted by Crippen LogP contribution is 2.28. The Hall–Kier alpha value is -5.01. The van der Waals surface area contributed by atoms with Crippen LogP contribution in [-0.2, 0) is 22.6 Å². The summed E-state index contributed by atoms with van der Waals surface area (Å²) in [5, 5.41) is 16.3. The Bertz CT molecular complexity index is 2300. The van der Waals surface area contributed by atoms with Crippen molar-refractivity contribution in [2.45, 2.75) is 63.5 Å². The number of halogens is 1. The Morgan fingerprint density at radius 3 is 2.41 bits per heavy atom. The minimum Gasteiger partial charge on any atom is -0.388 e. The average Bonchev–Trinajstić information content (AvgIpc) is 3.23. The number of anilines is 1. The van der Waals surface area contributed by atoms with Crippen molar-refractivity contribution in [1.82, 2.24) is 29.2 Å². The first-order valence-corrected chi connectivity index (χ1v) is 20.7. The van der Waals surface area contributed by atoms with E-state index >= 15 is 0 Å². The molecule has 2 fully saturated rings. The number of carbonyl (C=O) groups is 3. The molecule has 58 heavy (non-hydrogen) atoms. The van der Waals surface area contributed by atoms with E-state index in [0.717, 1.165) is 42.6 Å². The fourth-order valence-electron chi connectivity index (χ4n) is 8.10. The van der Waals surface area contributed by atoms with Crippen LogP contribution in [0.3, 0.4) is 0 Å². The number of likely N-dealkylation sites (tertiary alicyclic amines) is 1. The van der Waals surface area contributed by atoms with Gasteiger partial charge in [-0.1, -0.05) is 48.4 Å². The van der Waals surface area contributed by atoms with E-state index in [9.17, 15) is 24.3 Å². The van der Waals surface area contributed by atoms with Crippen molar-refractivity contribution in [3.05, 3.63) is 112 Å². The number of ketones is 1. The second kappa shape index (κ2) is 18.7. The number of fused-ring (bicyclic) bond motifs is 2. The third-order valence-electron chi connectivity index (χ3n) is 11.7. The number of pyridine rings is 1. The molecule has 7 rings (SSSR count). The number of rotatable bonds is 15. The number of Topliss-reactive ketones (excluding diaryl/α,β-unsaturated/α-hetero) is 1. The van der Waals surface area contributed by atoms with Gasteiger partial charge in [-0.3, -0.25) is 28.7 Å². The molecular weight excluding hydrogens is 754 g/mol. The largest absolute Gasteiger partial charge is 0.388 e. The molecule has 0 saturated carbocycles. The van der Waals surface area contributed by atoms with E-state index in [1.807, 2.05) is 41.3 Å². The number of nitrogens with one attached hydrogen (secondary N) is 1. The van der Waals surface area contributed by atoms with E-state index in [0.29, 0.717) is 98.2 Å². The van der Waals surface area contributed by atoms with E-state index in [4.69, 9.17) is 11.6 Å². The first-order valence-electron chi connectivity index (χ1n) is 20.4. The topological polar surface area (TPSA) is 141 Å². The Kier molecular flexibility index (Phi) is 13.3. The molecule has 2 saturated heterocycles. The molecule has 1 atom stereocenters. The van der Waals surface area contributed by atoms with Crippen LogP contribution in [0.1, 0.15) is 60.9 Å². The molecule has 0 aliphatic carbocycles. The van der Waals surface area contributed by atoms with Gasteiger partial charge in [0, 0.05) is 87.4 Å². The highest BCUT2D eigenvalue weighted by Gasteiger charge is 2.36. The fraction of sp³-hybridized carbons (Fsp3) is 0.422. The standard InChI is InChI=1S/C45H52ClN7O5/c1-50-23-25-51(26-24-50)20-16-42(55)49-35-12-13-36-40(29-35)48-31-53(44(36)57)30-45(58)17-21-52(22-18-45)43(56)34(27-32-7-3-2-4-8-32)9-5-6-10-41(54)33-11-14-39-37(28-33)38(46)15-19-47-39/h2-4,7-8,11-15,19,28-29,31,34,58H,5-6,9-10,16-18,20-27,30H2,1H3,(H,49,55). The Morgan fingerprint density at radius 1 is 0.862 bits per heavy atom. The smallest absolute Gasteiger partial charge is 0.261 e. The Morgan fingerprint density at radius 2 is 1.64 bits per heavy atom. The molecule has 2 amide bonds. The summed E-state index contributed by atoms with van der Waals surface area (Å²) < 4.78 is 1.44. The zero-order valence-corrected chi connectivity index (χ0v) is 33.9. The SMILES string of the molecule is CN1CCN(CCC(=O)Nc2ccc3c(=O)n(CC4(O)CCN(C(=O)C(CCCCC(=O)c5ccc6nccc(Cl)c6c5)Cc5ccccc5)CC4)cnc3c2)CC1. The molecule has 5 aromatic rings. The fourth-order valence-corrected chi connectivity index (χ4v) is 8.31. The summed E-state index contributed by atoms with van der Waals surface area (Å²) in [6.07, 6.45) is 7.07. The lowest BCUT2D eigenvalue weighted by Gasteiger charge is -2.39. The quantitative estimate of drug-likeness (QED) is 0.0989. The third-order valence-corrected chi connectivity index (χ3v) is 12.1. The van der Waals surface area contributed by atoms with Crippen LogP contribution in [0.5, 0.6) is 0 Å². The highest BCUT2D eigenvalue weighted by atomic mass is 35.5. The van der Waals surface area contributed by atoms with E-state index in [-0.39, 0.29) is 35.6 Å². The summed E-state index contributed by atoms with van der Waals surface area (Å²) in [4.78, 5) is 68.6. The van der Waals surface area contributed by atoms with Crippen LogP contribution < -0.4 is 10.9 Å². The van der Waals surface area contributed by atoms with Crippen LogP contribution in [0.4, 0.5) is 5.69 Å². The zero-order valence-electron chi connectivity index (χ0n) is 33.1. The van der Waals surface area contributed by atoms with Crippen molar-refractivity contribution >= 4 is 56.7 Å². The van der Waals surface area contributed by atoms with Gasteiger partial charge in [0.1, 0.15) is 0 Å². The van der Waals surface area contributed by atoms with Gasteiger partial charge in [0.25, 0.3) is 5.56 Å². The van der Waals surface area contributed by atoms with Crippen molar-refractivity contribution in [3.63, 3.8) is 0 Å². The molecule has 3 aromatic carbocycles. The number of aliphatic hydroxyl groups is 1. The van der Waals surface area contributed by atoms with Crippen molar-refractivity contribution in [2.75, 3.05) is 58.2 Å². The number of aromatic nitrogens is 3. The number of hydrogen-bond acceptors (Lipinski definition) is 9. The number of nitrogens with zero attached hydrogens (tertiary/aromatic N) is 6. The summed E-state index contributed by atoms with van der Waals surface area (Å²) in [6.45, 7) is 5.39. The molecule has 2 aromatic heterocycles. The van der Waals surface area contributed by atoms with Gasteiger partial charge in [0.15, 0.2) is 5.78 Å². The Balaban J connectivity index is 0.922. The van der Waals surface area contributed by atoms with Gasteiger partial charge in [-0.05, 0) is 87.2 Å². The lowest BCUT2D eigenvalue weighted by Crippen LogP contribution is -2.51. The van der Waals surface area contributed by atoms with Gasteiger partial charge in [0.05, 0.1) is 39.9 Å². The van der Waals surface area contributed by atoms with Gasteiger partial charge in [-0.15, -0.1) is 0 Å². The predicted molar refractivity (Wildman–Crippen MR) is 227 cm³/mol. The number of hydrogen-bond donors (Lipinski definition) is 2. The molecule has 2 aliphatic heterocycles. The minimum atomic E-state index is -1.19. The zero-order chi connectivity index (χ0) is 40.6. The van der Waals surface area contributed by atoms with Crippen LogP contribution in [0.25, 0.3) is 21.8 Å². The molecule has 2 N–H and O–H groups in total. The monoisotopic (exact) mass is 805 g/mol. The van der Waals surface area contributed by atoms with Crippen molar-refractivity contribution in [3.8, 4) is 0 Å². The summed E-state index contributed by atoms with van der Waals surface area (Å²) >= 11 is 6.35. The maximum absolute atomic E-state index is 14.1. The maximum atomic E-state index is 14.1. The normalized spacial score (nSPS) is 16.7. The molecule has 0 spiro atoms. The Labute approximate surface area is 343 Å². The van der Waals surface area contributed by atoms with Crippen LogP contribution in [-0.4, -0.2) is 110 Å². The second-order valence-electron chi connectivity index (χ2n) is 16.0. The van der Waals surface area contributed by atoms with E-state index < -0.39 is 5.60 Å². The van der Waals surface area contributed by atoms with Gasteiger partial charge >= 0.3 is 0 Å². The van der Waals surface area contributed by atoms with Gasteiger partial charge in [-0.2, -0.15) is 0 Å². The molecule has 304 valence electrons. The minimum absolute atomic E-state index is 0.0321. The van der Waals surface area contributed by atoms with Crippen molar-refractivity contribution in [2.24, 2.45) is 5.92 Å². The number of unbranched alkanes of at least 4 members (excludes halogenated alkanes) is 1. The summed E-state index contributed by atoms with van der Waals surface area (Å²) in [7, 11) is 2.10. The number of benzene rings is 3. The van der Waals surface area contributed by atoms with Crippen LogP contribution in [0, 0.1) is 5.92 Å². The molecule has 0 radical (unpaired) electrons. The summed E-state index contributed by atoms with van der Waals surface area (Å²) in [5.74, 6) is -0.280. The number of piperazine rings is 1. The van der Waals surface area contributed by atoms with Gasteiger partial charge in [0.2, 0.25) is 11.8 Å². The van der Waals surface area contributed by atoms with Crippen molar-refractivity contribution in [1.29, 1.82) is 0 Å². The van der Waals surface area contributed by atoms with Crippen LogP contribution in [0.2, 0.25) is 5.02 Å². The predicted octanol–water partition coefficient (Wildman–Crippen LogP) is 5.83. The molecule has 13 heteroatoms. The summed E-state index contributed by atoms with van der Waals surface area (Å²) in [6, 6.07) is 22.2. The molecule has 2 aliphatic rings. The molecule has 12 nitrogen and oxygen atoms in total. The highest BCUT2D eigenvalue weighted by molar-refractivity contribution is 6.35. The molecular formula is C45H52ClN7O5. The van der Waals surface area contributed by atoms with E-state index in [1.54, 1.807) is 42.6 Å². The number of carbonyl (C=O) groups excluding carboxylic acids is 3. The average molecular weight is 806 g/mol. The second-order valence-corrected chi connectivity index (χ2v) is 16.4. The third kappa shape index (κ3) is 10.3. The lowest BCUT2D eigenvalue weighted by molar-refractivity contribution is -0.140. The molecule has 0 bridgehead atoms. The molecule has 1 unspecified atom stereocenters. The lowest BCUT2D eigenvalue weighted by atomic mass is 9.88. The molecule has 4 heterocycles. The summed E-state index contributed by atoms with van der Waals surface area (Å²) in [5.41, 5.74) is 2.01. The van der Waals surface area contributed by atoms with E-state index in [1.165, 1.54) is 10.9 Å². The number of amides is 2. The van der Waals surface area contributed by atoms with E-state index in [2.05, 4.69) is 32.1 Å². The first kappa shape index (κ1) is 41.2. The van der Waals surface area contributed by atoms with Gasteiger partial charge in [-0.25, -0.2) is 4.98 Å². The van der Waals surface area contributed by atoms with Crippen LogP contribution in [0.15, 0.2) is 90.1 Å². The first-order chi connectivity index (χ1) is 28.0. The van der Waals surface area contributed by atoms with Crippen LogP contribution >= 0.6 is 11.6 Å². The number of piperidine rings is 1.